The third-order valence-electron chi connectivity index (χ3n) is 3.99. The first-order valence-corrected chi connectivity index (χ1v) is 8.14. The molecule has 0 unspecified atom stereocenters. The van der Waals surface area contributed by atoms with Crippen LogP contribution < -0.4 is 4.72 Å². The van der Waals surface area contributed by atoms with E-state index in [1.165, 1.54) is 12.4 Å². The highest BCUT2D eigenvalue weighted by Crippen LogP contribution is 2.33. The van der Waals surface area contributed by atoms with Gasteiger partial charge in [-0.2, -0.15) is 5.10 Å². The number of aromatic nitrogens is 2. The Hall–Kier alpha value is -0.920. The van der Waals surface area contributed by atoms with Crippen molar-refractivity contribution >= 4 is 10.0 Å². The summed E-state index contributed by atoms with van der Waals surface area (Å²) in [7, 11) is -3.58. The molecule has 1 aromatic rings. The molecular formula is C12H21N3O3S. The van der Waals surface area contributed by atoms with Gasteiger partial charge in [0.1, 0.15) is 4.90 Å². The molecule has 19 heavy (non-hydrogen) atoms. The fourth-order valence-corrected chi connectivity index (χ4v) is 3.52. The summed E-state index contributed by atoms with van der Waals surface area (Å²) < 4.78 is 26.3. The molecule has 0 radical (unpaired) electrons. The maximum absolute atomic E-state index is 11.9. The van der Waals surface area contributed by atoms with Crippen molar-refractivity contribution in [2.24, 2.45) is 5.92 Å². The standard InChI is InChI=1S/C12H21N3O3S/c1-2-10-3-5-12(16,6-4-10)9-15-19(17,18)11-7-13-14-8-11/h7-8,10,15-16H,2-6,9H2,1H3,(H,13,14). The summed E-state index contributed by atoms with van der Waals surface area (Å²) in [5.74, 6) is 0.658. The summed E-state index contributed by atoms with van der Waals surface area (Å²) in [6.07, 6.45) is 6.91. The minimum atomic E-state index is -3.58. The maximum Gasteiger partial charge on any atom is 0.243 e. The van der Waals surface area contributed by atoms with E-state index in [0.717, 1.165) is 19.3 Å². The van der Waals surface area contributed by atoms with Crippen LogP contribution in [-0.2, 0) is 10.0 Å². The monoisotopic (exact) mass is 287 g/mol. The lowest BCUT2D eigenvalue weighted by molar-refractivity contribution is -0.00442. The van der Waals surface area contributed by atoms with Crippen LogP contribution in [0.25, 0.3) is 0 Å². The number of aromatic amines is 1. The Kier molecular flexibility index (Phi) is 4.27. The number of aliphatic hydroxyl groups is 1. The normalized spacial score (nSPS) is 28.4. The van der Waals surface area contributed by atoms with Gasteiger partial charge in [0.2, 0.25) is 10.0 Å². The maximum atomic E-state index is 11.9. The smallest absolute Gasteiger partial charge is 0.243 e. The molecule has 0 bridgehead atoms. The highest BCUT2D eigenvalue weighted by molar-refractivity contribution is 7.89. The Morgan fingerprint density at radius 2 is 2.21 bits per heavy atom. The molecule has 108 valence electrons. The van der Waals surface area contributed by atoms with Gasteiger partial charge in [0.15, 0.2) is 0 Å². The zero-order valence-electron chi connectivity index (χ0n) is 11.1. The minimum Gasteiger partial charge on any atom is -0.389 e. The molecule has 0 saturated heterocycles. The van der Waals surface area contributed by atoms with Gasteiger partial charge < -0.3 is 5.11 Å². The second-order valence-electron chi connectivity index (χ2n) is 5.33. The average Bonchev–Trinajstić information content (AvgIpc) is 2.93. The van der Waals surface area contributed by atoms with Crippen LogP contribution in [0.5, 0.6) is 0 Å². The molecule has 2 rings (SSSR count). The number of sulfonamides is 1. The molecule has 0 aliphatic heterocycles. The van der Waals surface area contributed by atoms with Gasteiger partial charge in [-0.1, -0.05) is 13.3 Å². The zero-order valence-corrected chi connectivity index (χ0v) is 11.9. The van der Waals surface area contributed by atoms with Gasteiger partial charge in [-0.3, -0.25) is 5.10 Å². The fraction of sp³-hybridized carbons (Fsp3) is 0.750. The van der Waals surface area contributed by atoms with Crippen molar-refractivity contribution in [3.8, 4) is 0 Å². The highest BCUT2D eigenvalue weighted by Gasteiger charge is 2.33. The van der Waals surface area contributed by atoms with Gasteiger partial charge in [-0.15, -0.1) is 0 Å². The van der Waals surface area contributed by atoms with Crippen molar-refractivity contribution in [3.63, 3.8) is 0 Å². The minimum absolute atomic E-state index is 0.0664. The number of hydrogen-bond acceptors (Lipinski definition) is 4. The zero-order chi connectivity index (χ0) is 13.9. The molecule has 0 amide bonds. The molecule has 6 nitrogen and oxygen atoms in total. The largest absolute Gasteiger partial charge is 0.389 e. The number of rotatable bonds is 5. The van der Waals surface area contributed by atoms with E-state index in [4.69, 9.17) is 0 Å². The van der Waals surface area contributed by atoms with Crippen molar-refractivity contribution < 1.29 is 13.5 Å². The summed E-state index contributed by atoms with van der Waals surface area (Å²) in [5.41, 5.74) is -0.914. The molecule has 1 fully saturated rings. The highest BCUT2D eigenvalue weighted by atomic mass is 32.2. The fourth-order valence-electron chi connectivity index (χ4n) is 2.50. The first-order valence-electron chi connectivity index (χ1n) is 6.66. The van der Waals surface area contributed by atoms with E-state index < -0.39 is 15.6 Å². The van der Waals surface area contributed by atoms with E-state index in [2.05, 4.69) is 21.8 Å². The van der Waals surface area contributed by atoms with E-state index in [-0.39, 0.29) is 11.4 Å². The molecule has 0 spiro atoms. The van der Waals surface area contributed by atoms with Crippen molar-refractivity contribution in [1.29, 1.82) is 0 Å². The molecule has 0 aromatic carbocycles. The molecule has 7 heteroatoms. The van der Waals surface area contributed by atoms with Gasteiger partial charge >= 0.3 is 0 Å². The summed E-state index contributed by atoms with van der Waals surface area (Å²) >= 11 is 0. The first kappa shape index (κ1) is 14.5. The van der Waals surface area contributed by atoms with Crippen LogP contribution >= 0.6 is 0 Å². The third kappa shape index (κ3) is 3.55. The molecule has 1 aliphatic rings. The second-order valence-corrected chi connectivity index (χ2v) is 7.10. The Morgan fingerprint density at radius 1 is 1.53 bits per heavy atom. The summed E-state index contributed by atoms with van der Waals surface area (Å²) in [4.78, 5) is 0.0957. The number of H-pyrrole nitrogens is 1. The predicted octanol–water partition coefficient (Wildman–Crippen LogP) is 1.02. The Balaban J connectivity index is 1.92. The molecule has 1 heterocycles. The number of hydrogen-bond donors (Lipinski definition) is 3. The average molecular weight is 287 g/mol. The van der Waals surface area contributed by atoms with Gasteiger partial charge in [0.25, 0.3) is 0 Å². The van der Waals surface area contributed by atoms with E-state index >= 15 is 0 Å². The number of nitrogens with zero attached hydrogens (tertiary/aromatic N) is 1. The molecule has 1 saturated carbocycles. The third-order valence-corrected chi connectivity index (χ3v) is 5.36. The van der Waals surface area contributed by atoms with Crippen LogP contribution in [0.4, 0.5) is 0 Å². The van der Waals surface area contributed by atoms with E-state index in [1.807, 2.05) is 0 Å². The SMILES string of the molecule is CCC1CCC(O)(CNS(=O)(=O)c2cn[nH]c2)CC1. The van der Waals surface area contributed by atoms with Crippen LogP contribution in [-0.4, -0.2) is 35.9 Å². The molecule has 1 aliphatic carbocycles. The second kappa shape index (κ2) is 5.60. The lowest BCUT2D eigenvalue weighted by atomic mass is 9.78. The quantitative estimate of drug-likeness (QED) is 0.753. The lowest BCUT2D eigenvalue weighted by Gasteiger charge is -2.35. The van der Waals surface area contributed by atoms with Crippen LogP contribution in [0.3, 0.4) is 0 Å². The lowest BCUT2D eigenvalue weighted by Crippen LogP contribution is -2.45. The van der Waals surface area contributed by atoms with Crippen LogP contribution in [0.15, 0.2) is 17.3 Å². The van der Waals surface area contributed by atoms with Crippen molar-refractivity contribution in [2.45, 2.75) is 49.5 Å². The van der Waals surface area contributed by atoms with E-state index in [9.17, 15) is 13.5 Å². The van der Waals surface area contributed by atoms with Crippen molar-refractivity contribution in [3.05, 3.63) is 12.4 Å². The topological polar surface area (TPSA) is 95.1 Å². The molecule has 3 N–H and O–H groups in total. The predicted molar refractivity (Wildman–Crippen MR) is 71.0 cm³/mol. The van der Waals surface area contributed by atoms with Crippen molar-refractivity contribution in [1.82, 2.24) is 14.9 Å². The Bertz CT molecular complexity index is 490. The van der Waals surface area contributed by atoms with E-state index in [1.54, 1.807) is 0 Å². The number of nitrogens with one attached hydrogen (secondary N) is 2. The van der Waals surface area contributed by atoms with E-state index in [0.29, 0.717) is 18.8 Å². The van der Waals surface area contributed by atoms with Crippen molar-refractivity contribution in [2.75, 3.05) is 6.54 Å². The van der Waals surface area contributed by atoms with Crippen LogP contribution in [0.1, 0.15) is 39.0 Å². The molecule has 0 atom stereocenters. The van der Waals surface area contributed by atoms with Crippen LogP contribution in [0.2, 0.25) is 0 Å². The van der Waals surface area contributed by atoms with Gasteiger partial charge in [-0.25, -0.2) is 13.1 Å². The summed E-state index contributed by atoms with van der Waals surface area (Å²) in [6.45, 7) is 2.22. The molecular weight excluding hydrogens is 266 g/mol. The van der Waals surface area contributed by atoms with Gasteiger partial charge in [-0.05, 0) is 31.6 Å². The van der Waals surface area contributed by atoms with Crippen LogP contribution in [0, 0.1) is 5.92 Å². The van der Waals surface area contributed by atoms with Gasteiger partial charge in [0, 0.05) is 12.7 Å². The summed E-state index contributed by atoms with van der Waals surface area (Å²) in [6, 6.07) is 0. The Morgan fingerprint density at radius 3 is 2.74 bits per heavy atom. The summed E-state index contributed by atoms with van der Waals surface area (Å²) in [5, 5.41) is 16.5. The van der Waals surface area contributed by atoms with Gasteiger partial charge in [0.05, 0.1) is 11.8 Å². The molecule has 1 aromatic heterocycles. The first-order chi connectivity index (χ1) is 8.95. The Labute approximate surface area is 113 Å².